The number of aryl methyl sites for hydroxylation is 1. The van der Waals surface area contributed by atoms with E-state index in [0.29, 0.717) is 28.7 Å². The molecule has 6 heteroatoms. The van der Waals surface area contributed by atoms with E-state index in [1.165, 1.54) is 0 Å². The van der Waals surface area contributed by atoms with Crippen molar-refractivity contribution >= 4 is 40.3 Å². The van der Waals surface area contributed by atoms with Gasteiger partial charge < -0.3 is 14.2 Å². The summed E-state index contributed by atoms with van der Waals surface area (Å²) >= 11 is 6.57. The van der Waals surface area contributed by atoms with Crippen molar-refractivity contribution < 1.29 is 19.0 Å². The van der Waals surface area contributed by atoms with E-state index in [2.05, 4.69) is 23.2 Å². The summed E-state index contributed by atoms with van der Waals surface area (Å²) in [5, 5.41) is 2.63. The van der Waals surface area contributed by atoms with E-state index in [-0.39, 0.29) is 11.6 Å². The number of carbonyl (C=O) groups excluding carboxylic acids is 1. The number of hydrogen-bond acceptors (Lipinski definition) is 5. The van der Waals surface area contributed by atoms with Gasteiger partial charge in [0.2, 0.25) is 5.90 Å². The second kappa shape index (κ2) is 9.65. The molecule has 4 aromatic carbocycles. The third-order valence-electron chi connectivity index (χ3n) is 5.73. The molecule has 0 amide bonds. The molecule has 5 nitrogen and oxygen atoms in total. The average Bonchev–Trinajstić information content (AvgIpc) is 3.23. The highest BCUT2D eigenvalue weighted by Crippen LogP contribution is 2.38. The molecule has 5 rings (SSSR count). The number of ether oxygens (including phenoxy) is 3. The van der Waals surface area contributed by atoms with Crippen molar-refractivity contribution in [2.75, 3.05) is 7.11 Å². The maximum atomic E-state index is 12.4. The Kier molecular flexibility index (Phi) is 6.25. The van der Waals surface area contributed by atoms with Gasteiger partial charge in [-0.3, -0.25) is 0 Å². The van der Waals surface area contributed by atoms with Gasteiger partial charge in [0.25, 0.3) is 0 Å². The maximum Gasteiger partial charge on any atom is 0.363 e. The predicted molar refractivity (Wildman–Crippen MR) is 138 cm³/mol. The molecule has 0 radical (unpaired) electrons. The van der Waals surface area contributed by atoms with Crippen LogP contribution >= 0.6 is 11.6 Å². The Morgan fingerprint density at radius 2 is 1.77 bits per heavy atom. The van der Waals surface area contributed by atoms with Crippen LogP contribution in [0, 0.1) is 6.92 Å². The third kappa shape index (κ3) is 4.77. The number of carbonyl (C=O) groups is 1. The molecule has 1 heterocycles. The Hall–Kier alpha value is -4.09. The molecule has 4 aromatic rings. The molecule has 0 aliphatic carbocycles. The van der Waals surface area contributed by atoms with Crippen LogP contribution in [-0.4, -0.2) is 19.0 Å². The van der Waals surface area contributed by atoms with Crippen molar-refractivity contribution in [3.05, 3.63) is 112 Å². The second-order valence-electron chi connectivity index (χ2n) is 8.16. The number of rotatable bonds is 6. The van der Waals surface area contributed by atoms with Crippen LogP contribution in [0.3, 0.4) is 0 Å². The first-order valence-electron chi connectivity index (χ1n) is 11.1. The Balaban J connectivity index is 1.41. The molecule has 0 spiro atoms. The van der Waals surface area contributed by atoms with Gasteiger partial charge >= 0.3 is 5.97 Å². The Labute approximate surface area is 208 Å². The molecule has 174 valence electrons. The molecule has 0 saturated heterocycles. The van der Waals surface area contributed by atoms with Gasteiger partial charge in [-0.2, -0.15) is 0 Å². The first kappa shape index (κ1) is 22.7. The van der Waals surface area contributed by atoms with Crippen LogP contribution in [0.2, 0.25) is 5.02 Å². The minimum Gasteiger partial charge on any atom is -0.493 e. The van der Waals surface area contributed by atoms with Crippen LogP contribution in [0.25, 0.3) is 16.8 Å². The number of benzene rings is 4. The lowest BCUT2D eigenvalue weighted by Gasteiger charge is -2.14. The van der Waals surface area contributed by atoms with E-state index < -0.39 is 5.97 Å². The highest BCUT2D eigenvalue weighted by Gasteiger charge is 2.24. The smallest absolute Gasteiger partial charge is 0.363 e. The fraction of sp³-hybridized carbons (Fsp3) is 0.103. The van der Waals surface area contributed by atoms with Gasteiger partial charge in [-0.25, -0.2) is 9.79 Å². The number of cyclic esters (lactones) is 1. The molecular weight excluding hydrogens is 462 g/mol. The second-order valence-corrected chi connectivity index (χ2v) is 8.57. The molecule has 0 atom stereocenters. The lowest BCUT2D eigenvalue weighted by molar-refractivity contribution is -0.129. The van der Waals surface area contributed by atoms with Gasteiger partial charge in [0.1, 0.15) is 6.61 Å². The molecule has 0 saturated carbocycles. The lowest BCUT2D eigenvalue weighted by atomic mass is 10.1. The summed E-state index contributed by atoms with van der Waals surface area (Å²) in [6.07, 6.45) is 1.62. The van der Waals surface area contributed by atoms with Crippen molar-refractivity contribution in [1.82, 2.24) is 0 Å². The first-order chi connectivity index (χ1) is 17.0. The number of hydrogen-bond donors (Lipinski definition) is 0. The van der Waals surface area contributed by atoms with E-state index in [0.717, 1.165) is 27.5 Å². The summed E-state index contributed by atoms with van der Waals surface area (Å²) in [5.41, 5.74) is 3.71. The fourth-order valence-electron chi connectivity index (χ4n) is 3.92. The molecule has 0 bridgehead atoms. The average molecular weight is 484 g/mol. The summed E-state index contributed by atoms with van der Waals surface area (Å²) in [5.74, 6) is 0.641. The van der Waals surface area contributed by atoms with Crippen LogP contribution < -0.4 is 9.47 Å². The summed E-state index contributed by atoms with van der Waals surface area (Å²) in [6, 6.07) is 25.3. The van der Waals surface area contributed by atoms with Gasteiger partial charge in [-0.05, 0) is 59.2 Å². The topological polar surface area (TPSA) is 57.1 Å². The maximum absolute atomic E-state index is 12.4. The predicted octanol–water partition coefficient (Wildman–Crippen LogP) is 6.73. The van der Waals surface area contributed by atoms with Gasteiger partial charge in [-0.1, -0.05) is 71.8 Å². The molecule has 0 fully saturated rings. The lowest BCUT2D eigenvalue weighted by Crippen LogP contribution is -2.05. The zero-order chi connectivity index (χ0) is 24.4. The number of aliphatic imine (C=N–C) groups is 1. The van der Waals surface area contributed by atoms with Crippen molar-refractivity contribution in [1.29, 1.82) is 0 Å². The summed E-state index contributed by atoms with van der Waals surface area (Å²) in [7, 11) is 1.55. The number of methoxy groups -OCH3 is 1. The number of nitrogens with zero attached hydrogens (tertiary/aromatic N) is 1. The SMILES string of the molecule is COc1cc(/C=C2/N=C(c3ccc(C)cc3)OC2=O)cc(Cl)c1OCc1cccc2ccccc12. The summed E-state index contributed by atoms with van der Waals surface area (Å²) in [4.78, 5) is 16.8. The van der Waals surface area contributed by atoms with E-state index >= 15 is 0 Å². The number of halogens is 1. The summed E-state index contributed by atoms with van der Waals surface area (Å²) in [6.45, 7) is 2.32. The number of esters is 1. The van der Waals surface area contributed by atoms with Gasteiger partial charge in [0.15, 0.2) is 17.2 Å². The highest BCUT2D eigenvalue weighted by molar-refractivity contribution is 6.32. The Morgan fingerprint density at radius 1 is 1.00 bits per heavy atom. The van der Waals surface area contributed by atoms with E-state index in [1.807, 2.05) is 55.5 Å². The van der Waals surface area contributed by atoms with E-state index in [4.69, 9.17) is 25.8 Å². The fourth-order valence-corrected chi connectivity index (χ4v) is 4.19. The molecule has 35 heavy (non-hydrogen) atoms. The molecule has 0 aromatic heterocycles. The molecule has 0 N–H and O–H groups in total. The molecule has 1 aliphatic rings. The molecule has 0 unspecified atom stereocenters. The third-order valence-corrected chi connectivity index (χ3v) is 6.01. The molecule has 1 aliphatic heterocycles. The van der Waals surface area contributed by atoms with Crippen LogP contribution in [0.4, 0.5) is 0 Å². The standard InChI is InChI=1S/C29H22ClNO4/c1-18-10-12-21(13-11-18)28-31-25(29(32)35-28)15-19-14-24(30)27(26(16-19)33-2)34-17-22-8-5-7-20-6-3-4-9-23(20)22/h3-16H,17H2,1-2H3/b25-15+. The zero-order valence-corrected chi connectivity index (χ0v) is 20.0. The Morgan fingerprint density at radius 3 is 2.57 bits per heavy atom. The highest BCUT2D eigenvalue weighted by atomic mass is 35.5. The zero-order valence-electron chi connectivity index (χ0n) is 19.2. The minimum atomic E-state index is -0.521. The van der Waals surface area contributed by atoms with Crippen molar-refractivity contribution in [3.63, 3.8) is 0 Å². The van der Waals surface area contributed by atoms with Crippen molar-refractivity contribution in [2.45, 2.75) is 13.5 Å². The van der Waals surface area contributed by atoms with E-state index in [9.17, 15) is 4.79 Å². The Bertz CT molecular complexity index is 1480. The van der Waals surface area contributed by atoms with Crippen LogP contribution in [0.1, 0.15) is 22.3 Å². The monoisotopic (exact) mass is 483 g/mol. The normalized spacial score (nSPS) is 14.2. The minimum absolute atomic E-state index is 0.183. The van der Waals surface area contributed by atoms with Crippen LogP contribution in [0.5, 0.6) is 11.5 Å². The van der Waals surface area contributed by atoms with Gasteiger partial charge in [0, 0.05) is 5.56 Å². The largest absolute Gasteiger partial charge is 0.493 e. The van der Waals surface area contributed by atoms with E-state index in [1.54, 1.807) is 25.3 Å². The van der Waals surface area contributed by atoms with Gasteiger partial charge in [-0.15, -0.1) is 0 Å². The van der Waals surface area contributed by atoms with Gasteiger partial charge in [0.05, 0.1) is 12.1 Å². The first-order valence-corrected chi connectivity index (χ1v) is 11.5. The number of fused-ring (bicyclic) bond motifs is 1. The van der Waals surface area contributed by atoms with Crippen molar-refractivity contribution in [2.24, 2.45) is 4.99 Å². The van der Waals surface area contributed by atoms with Crippen LogP contribution in [-0.2, 0) is 16.1 Å². The molecular formula is C29H22ClNO4. The van der Waals surface area contributed by atoms with Crippen molar-refractivity contribution in [3.8, 4) is 11.5 Å². The van der Waals surface area contributed by atoms with Crippen LogP contribution in [0.15, 0.2) is 89.6 Å². The quantitative estimate of drug-likeness (QED) is 0.225. The summed E-state index contributed by atoms with van der Waals surface area (Å²) < 4.78 is 17.0.